The highest BCUT2D eigenvalue weighted by atomic mass is 16.2. The van der Waals surface area contributed by atoms with Crippen molar-refractivity contribution in [3.05, 3.63) is 18.3 Å². The smallest absolute Gasteiger partial charge is 0.321 e. The molecule has 0 unspecified atom stereocenters. The summed E-state index contributed by atoms with van der Waals surface area (Å²) in [6.45, 7) is 7.04. The van der Waals surface area contributed by atoms with E-state index in [9.17, 15) is 9.59 Å². The van der Waals surface area contributed by atoms with Gasteiger partial charge in [-0.3, -0.25) is 4.79 Å². The Morgan fingerprint density at radius 3 is 2.43 bits per heavy atom. The van der Waals surface area contributed by atoms with Gasteiger partial charge in [-0.2, -0.15) is 0 Å². The number of nitrogens with one attached hydrogen (secondary N) is 1. The molecule has 23 heavy (non-hydrogen) atoms. The van der Waals surface area contributed by atoms with Gasteiger partial charge in [0.05, 0.1) is 11.9 Å². The SMILES string of the molecule is CCN(CC)c1ccc(NC(=O)N2CCC(C(N)=O)CC2)cn1. The third kappa shape index (κ3) is 4.34. The number of rotatable bonds is 5. The van der Waals surface area contributed by atoms with Crippen molar-refractivity contribution in [2.75, 3.05) is 36.4 Å². The average molecular weight is 319 g/mol. The van der Waals surface area contributed by atoms with Gasteiger partial charge in [-0.1, -0.05) is 0 Å². The largest absolute Gasteiger partial charge is 0.369 e. The minimum absolute atomic E-state index is 0.117. The molecule has 2 rings (SSSR count). The molecule has 2 heterocycles. The Morgan fingerprint density at radius 1 is 1.30 bits per heavy atom. The van der Waals surface area contributed by atoms with Crippen molar-refractivity contribution < 1.29 is 9.59 Å². The number of hydrogen-bond donors (Lipinski definition) is 2. The Hall–Kier alpha value is -2.31. The molecule has 0 radical (unpaired) electrons. The lowest BCUT2D eigenvalue weighted by Gasteiger charge is -2.30. The molecule has 1 saturated heterocycles. The predicted octanol–water partition coefficient (Wildman–Crippen LogP) is 1.66. The number of primary amides is 1. The molecule has 1 fully saturated rings. The van der Waals surface area contributed by atoms with Crippen molar-refractivity contribution in [2.24, 2.45) is 11.7 Å². The topological polar surface area (TPSA) is 91.6 Å². The number of nitrogens with two attached hydrogens (primary N) is 1. The van der Waals surface area contributed by atoms with E-state index in [4.69, 9.17) is 5.73 Å². The summed E-state index contributed by atoms with van der Waals surface area (Å²) in [5, 5.41) is 2.85. The van der Waals surface area contributed by atoms with E-state index in [1.165, 1.54) is 0 Å². The summed E-state index contributed by atoms with van der Waals surface area (Å²) in [6.07, 6.45) is 2.92. The number of likely N-dealkylation sites (tertiary alicyclic amines) is 1. The lowest BCUT2D eigenvalue weighted by Crippen LogP contribution is -2.43. The molecule has 0 saturated carbocycles. The van der Waals surface area contributed by atoms with Crippen molar-refractivity contribution in [2.45, 2.75) is 26.7 Å². The first-order valence-corrected chi connectivity index (χ1v) is 8.11. The molecule has 0 atom stereocenters. The van der Waals surface area contributed by atoms with Crippen LogP contribution in [0.4, 0.5) is 16.3 Å². The van der Waals surface area contributed by atoms with Crippen LogP contribution in [0.15, 0.2) is 18.3 Å². The number of carbonyl (C=O) groups is 2. The third-order valence-corrected chi connectivity index (χ3v) is 4.27. The molecule has 0 aromatic carbocycles. The summed E-state index contributed by atoms with van der Waals surface area (Å²) >= 11 is 0. The molecule has 7 nitrogen and oxygen atoms in total. The van der Waals surface area contributed by atoms with Gasteiger partial charge >= 0.3 is 6.03 Å². The Morgan fingerprint density at radius 2 is 1.96 bits per heavy atom. The highest BCUT2D eigenvalue weighted by molar-refractivity contribution is 5.89. The maximum absolute atomic E-state index is 12.2. The summed E-state index contributed by atoms with van der Waals surface area (Å²) in [7, 11) is 0. The Kier molecular flexibility index (Phi) is 5.78. The van der Waals surface area contributed by atoms with E-state index in [0.29, 0.717) is 31.6 Å². The van der Waals surface area contributed by atoms with Gasteiger partial charge in [-0.15, -0.1) is 0 Å². The molecular weight excluding hydrogens is 294 g/mol. The quantitative estimate of drug-likeness (QED) is 0.863. The van der Waals surface area contributed by atoms with E-state index >= 15 is 0 Å². The van der Waals surface area contributed by atoms with Crippen LogP contribution in [0.3, 0.4) is 0 Å². The van der Waals surface area contributed by atoms with E-state index in [1.54, 1.807) is 11.1 Å². The molecule has 1 aliphatic heterocycles. The number of pyridine rings is 1. The van der Waals surface area contributed by atoms with Gasteiger partial charge in [-0.05, 0) is 38.8 Å². The number of piperidine rings is 1. The summed E-state index contributed by atoms with van der Waals surface area (Å²) in [4.78, 5) is 31.6. The van der Waals surface area contributed by atoms with Gasteiger partial charge in [0.2, 0.25) is 5.91 Å². The maximum Gasteiger partial charge on any atom is 0.321 e. The van der Waals surface area contributed by atoms with Gasteiger partial charge in [-0.25, -0.2) is 9.78 Å². The fourth-order valence-electron chi connectivity index (χ4n) is 2.76. The van der Waals surface area contributed by atoms with Crippen LogP contribution in [0.2, 0.25) is 0 Å². The maximum atomic E-state index is 12.2. The van der Waals surface area contributed by atoms with Gasteiger partial charge < -0.3 is 20.9 Å². The van der Waals surface area contributed by atoms with Gasteiger partial charge in [0.25, 0.3) is 0 Å². The number of amides is 3. The summed E-state index contributed by atoms with van der Waals surface area (Å²) in [5.41, 5.74) is 5.97. The Balaban J connectivity index is 1.89. The normalized spacial score (nSPS) is 15.3. The second-order valence-corrected chi connectivity index (χ2v) is 5.67. The zero-order valence-corrected chi connectivity index (χ0v) is 13.8. The Bertz CT molecular complexity index is 534. The zero-order chi connectivity index (χ0) is 16.8. The van der Waals surface area contributed by atoms with Crippen LogP contribution in [0.25, 0.3) is 0 Å². The molecule has 7 heteroatoms. The summed E-state index contributed by atoms with van der Waals surface area (Å²) in [6, 6.07) is 3.60. The predicted molar refractivity (Wildman–Crippen MR) is 90.3 cm³/mol. The first-order valence-electron chi connectivity index (χ1n) is 8.11. The second kappa shape index (κ2) is 7.80. The number of carbonyl (C=O) groups excluding carboxylic acids is 2. The van der Waals surface area contributed by atoms with Crippen molar-refractivity contribution in [3.8, 4) is 0 Å². The number of nitrogens with zero attached hydrogens (tertiary/aromatic N) is 3. The van der Waals surface area contributed by atoms with Crippen molar-refractivity contribution >= 4 is 23.4 Å². The van der Waals surface area contributed by atoms with Crippen LogP contribution in [0.5, 0.6) is 0 Å². The highest BCUT2D eigenvalue weighted by Crippen LogP contribution is 2.18. The van der Waals surface area contributed by atoms with E-state index in [2.05, 4.69) is 29.0 Å². The molecule has 0 aliphatic carbocycles. The minimum atomic E-state index is -0.277. The molecular formula is C16H25N5O2. The van der Waals surface area contributed by atoms with Gasteiger partial charge in [0, 0.05) is 32.1 Å². The minimum Gasteiger partial charge on any atom is -0.369 e. The zero-order valence-electron chi connectivity index (χ0n) is 13.8. The molecule has 1 aromatic heterocycles. The molecule has 1 aromatic rings. The highest BCUT2D eigenvalue weighted by Gasteiger charge is 2.25. The van der Waals surface area contributed by atoms with Crippen molar-refractivity contribution in [1.82, 2.24) is 9.88 Å². The molecule has 126 valence electrons. The fourth-order valence-corrected chi connectivity index (χ4v) is 2.76. The number of urea groups is 1. The summed E-state index contributed by atoms with van der Waals surface area (Å²) in [5.74, 6) is 0.505. The number of hydrogen-bond acceptors (Lipinski definition) is 4. The van der Waals surface area contributed by atoms with Crippen LogP contribution in [-0.4, -0.2) is 48.0 Å². The van der Waals surface area contributed by atoms with Gasteiger partial charge in [0.15, 0.2) is 0 Å². The second-order valence-electron chi connectivity index (χ2n) is 5.67. The number of anilines is 2. The third-order valence-electron chi connectivity index (χ3n) is 4.27. The lowest BCUT2D eigenvalue weighted by atomic mass is 9.96. The number of aromatic nitrogens is 1. The average Bonchev–Trinajstić information content (AvgIpc) is 2.57. The molecule has 1 aliphatic rings. The lowest BCUT2D eigenvalue weighted by molar-refractivity contribution is -0.122. The van der Waals surface area contributed by atoms with Crippen molar-refractivity contribution in [1.29, 1.82) is 0 Å². The van der Waals surface area contributed by atoms with Crippen LogP contribution in [0, 0.1) is 5.92 Å². The standard InChI is InChI=1S/C16H25N5O2/c1-3-20(4-2)14-6-5-13(11-18-14)19-16(23)21-9-7-12(8-10-21)15(17)22/h5-6,11-12H,3-4,7-10H2,1-2H3,(H2,17,22)(H,19,23). The fraction of sp³-hybridized carbons (Fsp3) is 0.562. The summed E-state index contributed by atoms with van der Waals surface area (Å²) < 4.78 is 0. The van der Waals surface area contributed by atoms with Crippen LogP contribution >= 0.6 is 0 Å². The van der Waals surface area contributed by atoms with E-state index in [-0.39, 0.29) is 17.9 Å². The van der Waals surface area contributed by atoms with Crippen molar-refractivity contribution in [3.63, 3.8) is 0 Å². The van der Waals surface area contributed by atoms with Gasteiger partial charge in [0.1, 0.15) is 5.82 Å². The molecule has 0 spiro atoms. The first-order chi connectivity index (χ1) is 11.0. The molecule has 0 bridgehead atoms. The monoisotopic (exact) mass is 319 g/mol. The molecule has 3 N–H and O–H groups in total. The Labute approximate surface area is 136 Å². The molecule has 3 amide bonds. The van der Waals surface area contributed by atoms with E-state index in [0.717, 1.165) is 18.9 Å². The first kappa shape index (κ1) is 17.1. The van der Waals surface area contributed by atoms with Crippen LogP contribution in [0.1, 0.15) is 26.7 Å². The van der Waals surface area contributed by atoms with E-state index in [1.807, 2.05) is 12.1 Å². The van der Waals surface area contributed by atoms with Crippen LogP contribution < -0.4 is 16.0 Å². The van der Waals surface area contributed by atoms with E-state index < -0.39 is 0 Å². The van der Waals surface area contributed by atoms with Crippen LogP contribution in [-0.2, 0) is 4.79 Å².